The molecule has 0 aliphatic carbocycles. The molecule has 2 amide bonds. The first-order valence-corrected chi connectivity index (χ1v) is 7.34. The summed E-state index contributed by atoms with van der Waals surface area (Å²) in [6.45, 7) is 5.69. The minimum Gasteiger partial charge on any atom is -0.369 e. The van der Waals surface area contributed by atoms with Crippen molar-refractivity contribution in [3.63, 3.8) is 0 Å². The number of primary amides is 1. The Morgan fingerprint density at radius 3 is 2.86 bits per heavy atom. The van der Waals surface area contributed by atoms with Crippen molar-refractivity contribution in [3.05, 3.63) is 29.3 Å². The second-order valence-corrected chi connectivity index (χ2v) is 5.84. The maximum atomic E-state index is 12.2. The molecule has 1 aromatic carbocycles. The molecule has 1 atom stereocenters. The van der Waals surface area contributed by atoms with Crippen molar-refractivity contribution in [2.45, 2.75) is 26.7 Å². The van der Waals surface area contributed by atoms with Crippen LogP contribution in [0.4, 0.5) is 5.69 Å². The zero-order valence-corrected chi connectivity index (χ0v) is 12.7. The quantitative estimate of drug-likeness (QED) is 0.880. The fourth-order valence-electron chi connectivity index (χ4n) is 2.69. The largest absolute Gasteiger partial charge is 0.369 e. The van der Waals surface area contributed by atoms with Crippen LogP contribution in [0.3, 0.4) is 0 Å². The summed E-state index contributed by atoms with van der Waals surface area (Å²) in [5.74, 6) is -0.448. The highest BCUT2D eigenvalue weighted by Gasteiger charge is 2.25. The molecule has 5 nitrogen and oxygen atoms in total. The van der Waals surface area contributed by atoms with Gasteiger partial charge in [0.05, 0.1) is 12.5 Å². The number of likely N-dealkylation sites (tertiary alicyclic amines) is 1. The van der Waals surface area contributed by atoms with E-state index in [1.54, 1.807) is 0 Å². The Morgan fingerprint density at radius 2 is 2.14 bits per heavy atom. The lowest BCUT2D eigenvalue weighted by atomic mass is 9.97. The lowest BCUT2D eigenvalue weighted by molar-refractivity contribution is -0.125. The first-order chi connectivity index (χ1) is 9.95. The molecule has 1 aromatic rings. The molecule has 0 radical (unpaired) electrons. The minimum absolute atomic E-state index is 0.0474. The van der Waals surface area contributed by atoms with E-state index in [0.717, 1.165) is 36.2 Å². The minimum atomic E-state index is -0.269. The molecule has 0 spiro atoms. The van der Waals surface area contributed by atoms with E-state index >= 15 is 0 Å². The summed E-state index contributed by atoms with van der Waals surface area (Å²) < 4.78 is 0. The number of benzene rings is 1. The number of nitrogens with one attached hydrogen (secondary N) is 1. The van der Waals surface area contributed by atoms with Crippen molar-refractivity contribution in [1.29, 1.82) is 0 Å². The maximum Gasteiger partial charge on any atom is 0.238 e. The van der Waals surface area contributed by atoms with Gasteiger partial charge in [-0.05, 0) is 50.4 Å². The van der Waals surface area contributed by atoms with Gasteiger partial charge in [-0.15, -0.1) is 0 Å². The number of amides is 2. The van der Waals surface area contributed by atoms with Gasteiger partial charge in [-0.25, -0.2) is 0 Å². The fourth-order valence-corrected chi connectivity index (χ4v) is 2.69. The van der Waals surface area contributed by atoms with Gasteiger partial charge in [0.25, 0.3) is 0 Å². The lowest BCUT2D eigenvalue weighted by Crippen LogP contribution is -2.44. The van der Waals surface area contributed by atoms with E-state index in [0.29, 0.717) is 13.1 Å². The number of rotatable bonds is 4. The molecule has 1 saturated heterocycles. The van der Waals surface area contributed by atoms with Crippen molar-refractivity contribution in [2.24, 2.45) is 11.7 Å². The Hall–Kier alpha value is -1.88. The predicted octanol–water partition coefficient (Wildman–Crippen LogP) is 1.44. The summed E-state index contributed by atoms with van der Waals surface area (Å²) in [6, 6.07) is 5.98. The summed E-state index contributed by atoms with van der Waals surface area (Å²) in [5.41, 5.74) is 8.36. The van der Waals surface area contributed by atoms with E-state index in [2.05, 4.69) is 5.32 Å². The molecule has 0 unspecified atom stereocenters. The molecule has 114 valence electrons. The van der Waals surface area contributed by atoms with Gasteiger partial charge in [-0.1, -0.05) is 12.1 Å². The average Bonchev–Trinajstić information content (AvgIpc) is 2.43. The van der Waals surface area contributed by atoms with E-state index in [9.17, 15) is 9.59 Å². The van der Waals surface area contributed by atoms with Crippen LogP contribution in [0.15, 0.2) is 18.2 Å². The van der Waals surface area contributed by atoms with Gasteiger partial charge in [-0.3, -0.25) is 14.5 Å². The SMILES string of the molecule is Cc1ccc(C)c(NC(=O)CN2CCC[C@H](C(N)=O)C2)c1. The average molecular weight is 289 g/mol. The third-order valence-electron chi connectivity index (χ3n) is 3.94. The zero-order valence-electron chi connectivity index (χ0n) is 12.7. The van der Waals surface area contributed by atoms with Crippen molar-refractivity contribution in [1.82, 2.24) is 4.90 Å². The van der Waals surface area contributed by atoms with Gasteiger partial charge >= 0.3 is 0 Å². The number of hydrogen-bond acceptors (Lipinski definition) is 3. The molecule has 1 aliphatic heterocycles. The lowest BCUT2D eigenvalue weighted by Gasteiger charge is -2.30. The molecule has 0 saturated carbocycles. The van der Waals surface area contributed by atoms with Crippen LogP contribution >= 0.6 is 0 Å². The highest BCUT2D eigenvalue weighted by atomic mass is 16.2. The van der Waals surface area contributed by atoms with E-state index in [1.807, 2.05) is 36.9 Å². The highest BCUT2D eigenvalue weighted by Crippen LogP contribution is 2.18. The molecular weight excluding hydrogens is 266 g/mol. The Balaban J connectivity index is 1.92. The van der Waals surface area contributed by atoms with Crippen LogP contribution in [0.1, 0.15) is 24.0 Å². The second-order valence-electron chi connectivity index (χ2n) is 5.84. The van der Waals surface area contributed by atoms with Crippen LogP contribution in [0.5, 0.6) is 0 Å². The monoisotopic (exact) mass is 289 g/mol. The fraction of sp³-hybridized carbons (Fsp3) is 0.500. The Kier molecular flexibility index (Phi) is 4.96. The molecule has 1 fully saturated rings. The van der Waals surface area contributed by atoms with E-state index in [-0.39, 0.29) is 17.7 Å². The molecule has 0 bridgehead atoms. The van der Waals surface area contributed by atoms with E-state index in [1.165, 1.54) is 0 Å². The van der Waals surface area contributed by atoms with Crippen LogP contribution in [0.25, 0.3) is 0 Å². The van der Waals surface area contributed by atoms with Crippen molar-refractivity contribution >= 4 is 17.5 Å². The summed E-state index contributed by atoms with van der Waals surface area (Å²) in [4.78, 5) is 25.4. The number of anilines is 1. The number of piperidine rings is 1. The molecule has 3 N–H and O–H groups in total. The number of carbonyl (C=O) groups is 2. The van der Waals surface area contributed by atoms with Crippen LogP contribution in [0, 0.1) is 19.8 Å². The predicted molar refractivity (Wildman–Crippen MR) is 82.9 cm³/mol. The van der Waals surface area contributed by atoms with Crippen LogP contribution < -0.4 is 11.1 Å². The molecule has 1 aliphatic rings. The Morgan fingerprint density at radius 1 is 1.38 bits per heavy atom. The van der Waals surface area contributed by atoms with E-state index < -0.39 is 0 Å². The molecule has 5 heteroatoms. The van der Waals surface area contributed by atoms with Gasteiger partial charge < -0.3 is 11.1 Å². The Labute approximate surface area is 125 Å². The number of hydrogen-bond donors (Lipinski definition) is 2. The third kappa shape index (κ3) is 4.29. The van der Waals surface area contributed by atoms with Gasteiger partial charge in [0.1, 0.15) is 0 Å². The molecular formula is C16H23N3O2. The molecule has 1 heterocycles. The van der Waals surface area contributed by atoms with Crippen molar-refractivity contribution < 1.29 is 9.59 Å². The van der Waals surface area contributed by atoms with Crippen molar-refractivity contribution in [2.75, 3.05) is 25.0 Å². The second kappa shape index (κ2) is 6.72. The number of nitrogens with zero attached hydrogens (tertiary/aromatic N) is 1. The number of carbonyl (C=O) groups excluding carboxylic acids is 2. The van der Waals surface area contributed by atoms with Crippen molar-refractivity contribution in [3.8, 4) is 0 Å². The van der Waals surface area contributed by atoms with Crippen LogP contribution in [-0.4, -0.2) is 36.3 Å². The Bertz CT molecular complexity index is 542. The number of aryl methyl sites for hydroxylation is 2. The van der Waals surface area contributed by atoms with Gasteiger partial charge in [0.15, 0.2) is 0 Å². The standard InChI is InChI=1S/C16H23N3O2/c1-11-5-6-12(2)14(8-11)18-15(20)10-19-7-3-4-13(9-19)16(17)21/h5-6,8,13H,3-4,7,9-10H2,1-2H3,(H2,17,21)(H,18,20)/t13-/m0/s1. The van der Waals surface area contributed by atoms with Crippen LogP contribution in [0.2, 0.25) is 0 Å². The van der Waals surface area contributed by atoms with Gasteiger partial charge in [-0.2, -0.15) is 0 Å². The topological polar surface area (TPSA) is 75.4 Å². The highest BCUT2D eigenvalue weighted by molar-refractivity contribution is 5.93. The first-order valence-electron chi connectivity index (χ1n) is 7.34. The van der Waals surface area contributed by atoms with Crippen LogP contribution in [-0.2, 0) is 9.59 Å². The third-order valence-corrected chi connectivity index (χ3v) is 3.94. The normalized spacial score (nSPS) is 19.2. The molecule has 21 heavy (non-hydrogen) atoms. The molecule has 2 rings (SSSR count). The van der Waals surface area contributed by atoms with Gasteiger partial charge in [0.2, 0.25) is 11.8 Å². The number of nitrogens with two attached hydrogens (primary N) is 1. The first kappa shape index (κ1) is 15.5. The van der Waals surface area contributed by atoms with Gasteiger partial charge in [0, 0.05) is 12.2 Å². The zero-order chi connectivity index (χ0) is 15.4. The maximum absolute atomic E-state index is 12.2. The smallest absolute Gasteiger partial charge is 0.238 e. The summed E-state index contributed by atoms with van der Waals surface area (Å²) in [5, 5.41) is 2.95. The molecule has 0 aromatic heterocycles. The van der Waals surface area contributed by atoms with E-state index in [4.69, 9.17) is 5.73 Å². The summed E-state index contributed by atoms with van der Waals surface area (Å²) in [7, 11) is 0. The summed E-state index contributed by atoms with van der Waals surface area (Å²) in [6.07, 6.45) is 1.73. The summed E-state index contributed by atoms with van der Waals surface area (Å²) >= 11 is 0.